The molecule has 4 rings (SSSR count). The molecule has 2 aromatic heterocycles. The van der Waals surface area contributed by atoms with Crippen molar-refractivity contribution in [3.05, 3.63) is 36.4 Å². The van der Waals surface area contributed by atoms with E-state index in [1.165, 1.54) is 18.2 Å². The standard InChI is InChI=1S/C12H10N4O4S/c13-7-1-4-12(17)11(5-7)16-14-9-3-2-8(21(18,19)20)6-10(9)15(14)16/h1-6,17H,13H2,(H,18,19,20). The fourth-order valence-corrected chi connectivity index (χ4v) is 2.89. The highest BCUT2D eigenvalue weighted by Gasteiger charge is 2.27. The topological polar surface area (TPSA) is 114 Å². The Morgan fingerprint density at radius 1 is 1.00 bits per heavy atom. The van der Waals surface area contributed by atoms with Crippen LogP contribution in [-0.2, 0) is 10.1 Å². The minimum atomic E-state index is -4.24. The van der Waals surface area contributed by atoms with Gasteiger partial charge in [0.25, 0.3) is 10.1 Å². The maximum absolute atomic E-state index is 11.1. The van der Waals surface area contributed by atoms with Gasteiger partial charge in [-0.2, -0.15) is 8.42 Å². The molecule has 0 aliphatic carbocycles. The van der Waals surface area contributed by atoms with E-state index in [0.717, 1.165) is 5.52 Å². The molecule has 0 atom stereocenters. The first-order valence-corrected chi connectivity index (χ1v) is 7.42. The molecule has 0 spiro atoms. The van der Waals surface area contributed by atoms with E-state index in [1.807, 2.05) is 0 Å². The lowest BCUT2D eigenvalue weighted by Crippen LogP contribution is -2.00. The van der Waals surface area contributed by atoms with Gasteiger partial charge in [-0.15, -0.1) is 14.1 Å². The van der Waals surface area contributed by atoms with Crippen molar-refractivity contribution in [2.24, 2.45) is 0 Å². The zero-order valence-corrected chi connectivity index (χ0v) is 11.3. The molecule has 0 unspecified atom stereocenters. The SMILES string of the molecule is Nc1ccc(O)c(-n2n3c4ccc(S(=O)(=O)O)cc4n23)c1. The first kappa shape index (κ1) is 12.1. The average Bonchev–Trinajstić information content (AvgIpc) is 3.06. The first-order chi connectivity index (χ1) is 9.88. The Labute approximate surface area is 118 Å². The van der Waals surface area contributed by atoms with Gasteiger partial charge in [0.2, 0.25) is 0 Å². The van der Waals surface area contributed by atoms with Gasteiger partial charge in [0.05, 0.1) is 4.90 Å². The number of nitrogens with zero attached hydrogens (tertiary/aromatic N) is 3. The predicted molar refractivity (Wildman–Crippen MR) is 74.8 cm³/mol. The number of benzene rings is 2. The number of rotatable bonds is 2. The number of phenols is 1. The number of aromatic hydroxyl groups is 1. The third kappa shape index (κ3) is 1.55. The molecule has 0 aliphatic rings. The van der Waals surface area contributed by atoms with Crippen molar-refractivity contribution >= 4 is 26.8 Å². The van der Waals surface area contributed by atoms with Gasteiger partial charge in [-0.25, -0.2) is 0 Å². The summed E-state index contributed by atoms with van der Waals surface area (Å²) in [6.07, 6.45) is 0. The monoisotopic (exact) mass is 306 g/mol. The summed E-state index contributed by atoms with van der Waals surface area (Å²) in [6, 6.07) is 8.94. The van der Waals surface area contributed by atoms with Crippen LogP contribution >= 0.6 is 0 Å². The van der Waals surface area contributed by atoms with Crippen LogP contribution in [0.5, 0.6) is 5.75 Å². The molecule has 21 heavy (non-hydrogen) atoms. The Morgan fingerprint density at radius 3 is 2.43 bits per heavy atom. The highest BCUT2D eigenvalue weighted by Crippen LogP contribution is 2.32. The molecule has 4 aromatic rings. The first-order valence-electron chi connectivity index (χ1n) is 5.98. The van der Waals surface area contributed by atoms with Gasteiger partial charge in [-0.3, -0.25) is 4.55 Å². The largest absolute Gasteiger partial charge is 0.506 e. The second kappa shape index (κ2) is 3.51. The molecule has 0 bridgehead atoms. The maximum Gasteiger partial charge on any atom is 0.294 e. The summed E-state index contributed by atoms with van der Waals surface area (Å²) in [4.78, 5) is 1.47. The van der Waals surface area contributed by atoms with Crippen LogP contribution in [0.3, 0.4) is 0 Å². The Bertz CT molecular complexity index is 1090. The van der Waals surface area contributed by atoms with E-state index in [9.17, 15) is 13.5 Å². The number of nitrogens with two attached hydrogens (primary N) is 1. The summed E-state index contributed by atoms with van der Waals surface area (Å²) < 4.78 is 34.7. The van der Waals surface area contributed by atoms with Crippen molar-refractivity contribution in [1.29, 1.82) is 0 Å². The van der Waals surface area contributed by atoms with E-state index in [2.05, 4.69) is 0 Å². The van der Waals surface area contributed by atoms with E-state index >= 15 is 0 Å². The summed E-state index contributed by atoms with van der Waals surface area (Å²) in [7, 11) is -4.24. The number of anilines is 1. The summed E-state index contributed by atoms with van der Waals surface area (Å²) >= 11 is 0. The fourth-order valence-electron chi connectivity index (χ4n) is 2.39. The van der Waals surface area contributed by atoms with Crippen LogP contribution in [0.25, 0.3) is 16.7 Å². The van der Waals surface area contributed by atoms with Crippen molar-refractivity contribution < 1.29 is 18.1 Å². The van der Waals surface area contributed by atoms with Gasteiger partial charge < -0.3 is 10.8 Å². The zero-order valence-electron chi connectivity index (χ0n) is 10.5. The van der Waals surface area contributed by atoms with Crippen LogP contribution in [0.15, 0.2) is 41.3 Å². The Morgan fingerprint density at radius 2 is 1.71 bits per heavy atom. The molecular weight excluding hydrogens is 296 g/mol. The molecule has 0 radical (unpaired) electrons. The molecule has 0 amide bonds. The normalized spacial score (nSPS) is 12.8. The molecule has 4 N–H and O–H groups in total. The smallest absolute Gasteiger partial charge is 0.294 e. The second-order valence-electron chi connectivity index (χ2n) is 4.74. The van der Waals surface area contributed by atoms with Crippen molar-refractivity contribution in [2.45, 2.75) is 4.90 Å². The van der Waals surface area contributed by atoms with Crippen LogP contribution in [0.4, 0.5) is 5.69 Å². The van der Waals surface area contributed by atoms with E-state index < -0.39 is 10.1 Å². The van der Waals surface area contributed by atoms with Crippen LogP contribution in [0.2, 0.25) is 0 Å². The summed E-state index contributed by atoms with van der Waals surface area (Å²) in [5, 5.41) is 9.89. The molecule has 0 aliphatic heterocycles. The van der Waals surface area contributed by atoms with E-state index in [0.29, 0.717) is 16.9 Å². The van der Waals surface area contributed by atoms with Crippen LogP contribution in [0, 0.1) is 0 Å². The highest BCUT2D eigenvalue weighted by molar-refractivity contribution is 7.85. The highest BCUT2D eigenvalue weighted by atomic mass is 32.2. The predicted octanol–water partition coefficient (Wildman–Crippen LogP) is 0.955. The molecular formula is C12H10N4O4S. The quantitative estimate of drug-likeness (QED) is 0.290. The van der Waals surface area contributed by atoms with E-state index in [-0.39, 0.29) is 10.6 Å². The third-order valence-corrected chi connectivity index (χ3v) is 4.25. The summed E-state index contributed by atoms with van der Waals surface area (Å²) in [5.74, 6) is 0.0551. The number of hydrogen-bond acceptors (Lipinski definition) is 4. The Balaban J connectivity index is 1.93. The van der Waals surface area contributed by atoms with Crippen molar-refractivity contribution in [3.63, 3.8) is 0 Å². The maximum atomic E-state index is 11.1. The third-order valence-electron chi connectivity index (χ3n) is 3.40. The van der Waals surface area contributed by atoms with Crippen molar-refractivity contribution in [3.8, 4) is 11.4 Å². The molecule has 8 nitrogen and oxygen atoms in total. The minimum Gasteiger partial charge on any atom is -0.506 e. The van der Waals surface area contributed by atoms with Gasteiger partial charge in [0, 0.05) is 5.69 Å². The molecule has 9 heteroatoms. The number of aromatic nitrogens is 3. The fraction of sp³-hybridized carbons (Fsp3) is 0. The second-order valence-corrected chi connectivity index (χ2v) is 6.16. The Kier molecular flexibility index (Phi) is 2.03. The van der Waals surface area contributed by atoms with Crippen LogP contribution in [0.1, 0.15) is 0 Å². The molecule has 2 aromatic carbocycles. The number of hydrogen-bond donors (Lipinski definition) is 3. The number of fused-ring (bicyclic) bond motifs is 4. The van der Waals surface area contributed by atoms with Gasteiger partial charge in [0.15, 0.2) is 0 Å². The van der Waals surface area contributed by atoms with Crippen LogP contribution in [-0.4, -0.2) is 32.1 Å². The van der Waals surface area contributed by atoms with Gasteiger partial charge >= 0.3 is 0 Å². The van der Waals surface area contributed by atoms with Gasteiger partial charge in [0.1, 0.15) is 22.5 Å². The lowest BCUT2D eigenvalue weighted by molar-refractivity contribution is 0.472. The average molecular weight is 306 g/mol. The molecule has 108 valence electrons. The summed E-state index contributed by atoms with van der Waals surface area (Å²) in [5.41, 5.74) is 8.07. The number of nitrogen functional groups attached to an aromatic ring is 1. The van der Waals surface area contributed by atoms with Crippen molar-refractivity contribution in [1.82, 2.24) is 14.1 Å². The number of phenolic OH excluding ortho intramolecular Hbond substituents is 1. The lowest BCUT2D eigenvalue weighted by atomic mass is 10.2. The molecule has 2 heterocycles. The van der Waals surface area contributed by atoms with E-state index in [1.54, 1.807) is 32.3 Å². The zero-order chi connectivity index (χ0) is 14.9. The van der Waals surface area contributed by atoms with E-state index in [4.69, 9.17) is 10.3 Å². The summed E-state index contributed by atoms with van der Waals surface area (Å²) in [6.45, 7) is 0. The van der Waals surface area contributed by atoms with Crippen molar-refractivity contribution in [2.75, 3.05) is 5.73 Å². The molecule has 0 saturated carbocycles. The van der Waals surface area contributed by atoms with Crippen LogP contribution < -0.4 is 5.73 Å². The lowest BCUT2D eigenvalue weighted by Gasteiger charge is -1.99. The minimum absolute atomic E-state index is 0.0551. The Hall–Kier alpha value is -2.65. The van der Waals surface area contributed by atoms with Gasteiger partial charge in [-0.05, 0) is 36.4 Å². The molecule has 0 fully saturated rings. The van der Waals surface area contributed by atoms with Gasteiger partial charge in [-0.1, -0.05) is 0 Å². The molecule has 0 saturated heterocycles.